The van der Waals surface area contributed by atoms with E-state index in [1.165, 1.54) is 18.2 Å². The van der Waals surface area contributed by atoms with E-state index in [2.05, 4.69) is 25.9 Å². The van der Waals surface area contributed by atoms with Crippen molar-refractivity contribution < 1.29 is 18.0 Å². The molecular formula is C23H23N5O4S. The summed E-state index contributed by atoms with van der Waals surface area (Å²) in [5.41, 5.74) is 4.23. The first-order valence-electron chi connectivity index (χ1n) is 10.0. The Labute approximate surface area is 192 Å². The number of allylic oxidation sites excluding steroid dienone is 1. The zero-order chi connectivity index (χ0) is 23.5. The standard InChI is InChI=1S/C23H23N5O4S/c29-22(14-13-19-6-4-5-15-24-19)18-9-11-20(12-10-18)27-23(30)25-16-17-26-28-33(31,32)21-7-2-1-3-8-21/h1-15,26,28H,16-17H2,(H2,25,27,30). The van der Waals surface area contributed by atoms with E-state index >= 15 is 0 Å². The highest BCUT2D eigenvalue weighted by atomic mass is 32.2. The first kappa shape index (κ1) is 23.8. The molecule has 1 heterocycles. The lowest BCUT2D eigenvalue weighted by Gasteiger charge is -2.10. The second kappa shape index (κ2) is 11.7. The Bertz CT molecular complexity index is 1200. The fourth-order valence-electron chi connectivity index (χ4n) is 2.67. The maximum atomic E-state index is 12.2. The average Bonchev–Trinajstić information content (AvgIpc) is 2.84. The Morgan fingerprint density at radius 3 is 2.30 bits per heavy atom. The number of nitrogens with zero attached hydrogens (tertiary/aromatic N) is 1. The number of carbonyl (C=O) groups is 2. The Morgan fingerprint density at radius 1 is 0.879 bits per heavy atom. The minimum absolute atomic E-state index is 0.136. The minimum Gasteiger partial charge on any atom is -0.337 e. The zero-order valence-corrected chi connectivity index (χ0v) is 18.4. The molecule has 0 spiro atoms. The van der Waals surface area contributed by atoms with Crippen molar-refractivity contribution in [1.29, 1.82) is 0 Å². The number of carbonyl (C=O) groups excluding carboxylic acids is 2. The van der Waals surface area contributed by atoms with Crippen LogP contribution in [0.5, 0.6) is 0 Å². The summed E-state index contributed by atoms with van der Waals surface area (Å²) in [5.74, 6) is -0.180. The number of amides is 2. The van der Waals surface area contributed by atoms with Crippen LogP contribution in [-0.4, -0.2) is 38.3 Å². The van der Waals surface area contributed by atoms with E-state index < -0.39 is 16.1 Å². The molecule has 0 bridgehead atoms. The lowest BCUT2D eigenvalue weighted by molar-refractivity contribution is 0.104. The summed E-state index contributed by atoms with van der Waals surface area (Å²) in [6, 6.07) is 19.4. The van der Waals surface area contributed by atoms with Crippen molar-refractivity contribution in [2.75, 3.05) is 18.4 Å². The molecule has 170 valence electrons. The number of benzene rings is 2. The summed E-state index contributed by atoms with van der Waals surface area (Å²) in [4.78, 5) is 30.7. The molecule has 9 nitrogen and oxygen atoms in total. The van der Waals surface area contributed by atoms with Gasteiger partial charge in [-0.2, -0.15) is 0 Å². The van der Waals surface area contributed by atoms with Crippen LogP contribution in [0.2, 0.25) is 0 Å². The van der Waals surface area contributed by atoms with Gasteiger partial charge in [0.05, 0.1) is 10.6 Å². The van der Waals surface area contributed by atoms with Gasteiger partial charge in [0, 0.05) is 30.5 Å². The van der Waals surface area contributed by atoms with Crippen molar-refractivity contribution >= 4 is 33.6 Å². The van der Waals surface area contributed by atoms with Crippen LogP contribution >= 0.6 is 0 Å². The van der Waals surface area contributed by atoms with Gasteiger partial charge in [0.2, 0.25) is 0 Å². The van der Waals surface area contributed by atoms with E-state index in [0.717, 1.165) is 0 Å². The molecule has 10 heteroatoms. The molecule has 3 rings (SSSR count). The molecule has 4 N–H and O–H groups in total. The van der Waals surface area contributed by atoms with E-state index in [0.29, 0.717) is 16.9 Å². The number of hydrazine groups is 1. The highest BCUT2D eigenvalue weighted by Crippen LogP contribution is 2.11. The van der Waals surface area contributed by atoms with Crippen LogP contribution in [0.1, 0.15) is 16.1 Å². The summed E-state index contributed by atoms with van der Waals surface area (Å²) < 4.78 is 24.1. The first-order valence-corrected chi connectivity index (χ1v) is 11.5. The van der Waals surface area contributed by atoms with E-state index in [9.17, 15) is 18.0 Å². The van der Waals surface area contributed by atoms with Gasteiger partial charge in [-0.1, -0.05) is 24.3 Å². The normalized spacial score (nSPS) is 11.3. The SMILES string of the molecule is O=C(NCCNNS(=O)(=O)c1ccccc1)Nc1ccc(C(=O)C=Cc2ccccn2)cc1. The van der Waals surface area contributed by atoms with Gasteiger partial charge in [0.25, 0.3) is 10.0 Å². The number of pyridine rings is 1. The van der Waals surface area contributed by atoms with Crippen LogP contribution in [-0.2, 0) is 10.0 Å². The molecule has 1 aromatic heterocycles. The number of hydrogen-bond acceptors (Lipinski definition) is 6. The third kappa shape index (κ3) is 7.65. The molecule has 0 saturated heterocycles. The number of nitrogens with one attached hydrogen (secondary N) is 4. The average molecular weight is 466 g/mol. The molecule has 0 fully saturated rings. The molecule has 33 heavy (non-hydrogen) atoms. The Morgan fingerprint density at radius 2 is 1.61 bits per heavy atom. The van der Waals surface area contributed by atoms with Crippen molar-refractivity contribution in [3.63, 3.8) is 0 Å². The predicted octanol–water partition coefficient (Wildman–Crippen LogP) is 2.58. The molecule has 2 amide bonds. The Balaban J connectivity index is 1.39. The number of aromatic nitrogens is 1. The summed E-state index contributed by atoms with van der Waals surface area (Å²) in [5, 5.41) is 5.24. The van der Waals surface area contributed by atoms with Gasteiger partial charge in [-0.05, 0) is 60.7 Å². The van der Waals surface area contributed by atoms with Crippen LogP contribution < -0.4 is 20.9 Å². The summed E-state index contributed by atoms with van der Waals surface area (Å²) in [6.45, 7) is 0.355. The van der Waals surface area contributed by atoms with Gasteiger partial charge >= 0.3 is 6.03 Å². The molecule has 0 atom stereocenters. The van der Waals surface area contributed by atoms with Crippen molar-refractivity contribution in [2.45, 2.75) is 4.90 Å². The first-order chi connectivity index (χ1) is 15.9. The third-order valence-electron chi connectivity index (χ3n) is 4.32. The molecule has 0 aliphatic rings. The van der Waals surface area contributed by atoms with Gasteiger partial charge in [0.15, 0.2) is 5.78 Å². The van der Waals surface area contributed by atoms with Gasteiger partial charge in [-0.15, -0.1) is 4.83 Å². The molecular weight excluding hydrogens is 442 g/mol. The van der Waals surface area contributed by atoms with E-state index in [-0.39, 0.29) is 23.8 Å². The number of ketones is 1. The number of sulfonamides is 1. The maximum absolute atomic E-state index is 12.2. The largest absolute Gasteiger partial charge is 0.337 e. The van der Waals surface area contributed by atoms with Crippen molar-refractivity contribution in [1.82, 2.24) is 20.6 Å². The number of anilines is 1. The van der Waals surface area contributed by atoms with Crippen molar-refractivity contribution in [2.24, 2.45) is 0 Å². The summed E-state index contributed by atoms with van der Waals surface area (Å²) in [7, 11) is -3.67. The van der Waals surface area contributed by atoms with E-state index in [1.807, 2.05) is 6.07 Å². The zero-order valence-electron chi connectivity index (χ0n) is 17.6. The number of urea groups is 1. The molecule has 2 aromatic carbocycles. The quantitative estimate of drug-likeness (QED) is 0.158. The third-order valence-corrected chi connectivity index (χ3v) is 5.62. The molecule has 0 aliphatic heterocycles. The van der Waals surface area contributed by atoms with Crippen LogP contribution in [0.4, 0.5) is 10.5 Å². The van der Waals surface area contributed by atoms with Crippen molar-refractivity contribution in [3.05, 3.63) is 96.3 Å². The summed E-state index contributed by atoms with van der Waals surface area (Å²) >= 11 is 0. The topological polar surface area (TPSA) is 129 Å². The molecule has 3 aromatic rings. The van der Waals surface area contributed by atoms with Crippen LogP contribution in [0.25, 0.3) is 6.08 Å². The molecule has 0 saturated carbocycles. The van der Waals surface area contributed by atoms with Crippen molar-refractivity contribution in [3.8, 4) is 0 Å². The molecule has 0 unspecified atom stereocenters. The minimum atomic E-state index is -3.67. The van der Waals surface area contributed by atoms with Crippen LogP contribution in [0.3, 0.4) is 0 Å². The van der Waals surface area contributed by atoms with Gasteiger partial charge < -0.3 is 10.6 Å². The fraction of sp³-hybridized carbons (Fsp3) is 0.0870. The van der Waals surface area contributed by atoms with E-state index in [4.69, 9.17) is 0 Å². The predicted molar refractivity (Wildman–Crippen MR) is 126 cm³/mol. The smallest absolute Gasteiger partial charge is 0.319 e. The van der Waals surface area contributed by atoms with Gasteiger partial charge in [0.1, 0.15) is 0 Å². The Hall–Kier alpha value is -3.86. The van der Waals surface area contributed by atoms with Crippen LogP contribution in [0, 0.1) is 0 Å². The highest BCUT2D eigenvalue weighted by Gasteiger charge is 2.12. The maximum Gasteiger partial charge on any atom is 0.319 e. The number of hydrogen-bond donors (Lipinski definition) is 4. The monoisotopic (exact) mass is 465 g/mol. The summed E-state index contributed by atoms with van der Waals surface area (Å²) in [6.07, 6.45) is 4.72. The van der Waals surface area contributed by atoms with Gasteiger partial charge in [-0.25, -0.2) is 18.6 Å². The highest BCUT2D eigenvalue weighted by molar-refractivity contribution is 7.89. The lowest BCUT2D eigenvalue weighted by Crippen LogP contribution is -2.42. The molecule has 0 radical (unpaired) electrons. The van der Waals surface area contributed by atoms with E-state index in [1.54, 1.807) is 66.9 Å². The second-order valence-electron chi connectivity index (χ2n) is 6.76. The Kier molecular flexibility index (Phi) is 8.42. The number of rotatable bonds is 10. The van der Waals surface area contributed by atoms with Crippen LogP contribution in [0.15, 0.2) is 90.0 Å². The second-order valence-corrected chi connectivity index (χ2v) is 8.44. The van der Waals surface area contributed by atoms with Gasteiger partial charge in [-0.3, -0.25) is 9.78 Å². The fourth-order valence-corrected chi connectivity index (χ4v) is 3.59. The lowest BCUT2D eigenvalue weighted by atomic mass is 10.1. The molecule has 0 aliphatic carbocycles.